The first-order valence-corrected chi connectivity index (χ1v) is 4.63. The van der Waals surface area contributed by atoms with E-state index >= 15 is 0 Å². The summed E-state index contributed by atoms with van der Waals surface area (Å²) in [6, 6.07) is 9.38. The second-order valence-corrected chi connectivity index (χ2v) is 2.97. The predicted octanol–water partition coefficient (Wildman–Crippen LogP) is 2.42. The molecule has 0 unspecified atom stereocenters. The minimum atomic E-state index is -0.222. The third-order valence-electron chi connectivity index (χ3n) is 1.91. The van der Waals surface area contributed by atoms with Gasteiger partial charge >= 0.3 is 0 Å². The number of hydrogen-bond donors (Lipinski definition) is 1. The Morgan fingerprint density at radius 1 is 1.53 bits per heavy atom. The van der Waals surface area contributed by atoms with Crippen LogP contribution >= 0.6 is 12.4 Å². The Balaban J connectivity index is 0.00000196. The molecule has 0 bridgehead atoms. The molecule has 15 heavy (non-hydrogen) atoms. The monoisotopic (exact) mass is 226 g/mol. The molecule has 4 heteroatoms. The van der Waals surface area contributed by atoms with E-state index in [0.29, 0.717) is 13.0 Å². The maximum absolute atomic E-state index is 8.51. The fraction of sp³-hybridized carbons (Fsp3) is 0.364. The maximum atomic E-state index is 8.51. The average Bonchev–Trinajstić information content (AvgIpc) is 2.19. The van der Waals surface area contributed by atoms with E-state index in [1.165, 1.54) is 0 Å². The van der Waals surface area contributed by atoms with Gasteiger partial charge in [-0.2, -0.15) is 5.26 Å². The molecule has 0 aliphatic rings. The van der Waals surface area contributed by atoms with E-state index in [1.807, 2.05) is 31.2 Å². The smallest absolute Gasteiger partial charge is 0.119 e. The Morgan fingerprint density at radius 3 is 2.87 bits per heavy atom. The molecule has 1 aromatic rings. The van der Waals surface area contributed by atoms with Crippen molar-refractivity contribution in [2.75, 3.05) is 6.61 Å². The third kappa shape index (κ3) is 4.20. The van der Waals surface area contributed by atoms with Crippen molar-refractivity contribution in [1.29, 1.82) is 5.26 Å². The number of rotatable bonds is 4. The Hall–Kier alpha value is -1.24. The molecule has 1 rings (SSSR count). The molecule has 0 amide bonds. The molecule has 0 radical (unpaired) electrons. The van der Waals surface area contributed by atoms with Crippen molar-refractivity contribution >= 4 is 12.4 Å². The number of halogens is 1. The van der Waals surface area contributed by atoms with Crippen LogP contribution in [0.2, 0.25) is 0 Å². The first kappa shape index (κ1) is 13.8. The van der Waals surface area contributed by atoms with Gasteiger partial charge in [-0.25, -0.2) is 0 Å². The Morgan fingerprint density at radius 2 is 2.27 bits per heavy atom. The van der Waals surface area contributed by atoms with E-state index < -0.39 is 0 Å². The quantitative estimate of drug-likeness (QED) is 0.858. The van der Waals surface area contributed by atoms with Crippen molar-refractivity contribution in [3.8, 4) is 11.8 Å². The molecular formula is C11H15ClN2O. The number of nitrogens with two attached hydrogens (primary N) is 1. The van der Waals surface area contributed by atoms with Crippen molar-refractivity contribution in [3.05, 3.63) is 29.8 Å². The molecular weight excluding hydrogens is 212 g/mol. The van der Waals surface area contributed by atoms with Crippen molar-refractivity contribution in [1.82, 2.24) is 0 Å². The van der Waals surface area contributed by atoms with E-state index in [0.717, 1.165) is 11.3 Å². The van der Waals surface area contributed by atoms with Gasteiger partial charge in [0.25, 0.3) is 0 Å². The van der Waals surface area contributed by atoms with Crippen LogP contribution in [0.4, 0.5) is 0 Å². The summed E-state index contributed by atoms with van der Waals surface area (Å²) in [5.74, 6) is 0.804. The molecule has 0 saturated carbocycles. The van der Waals surface area contributed by atoms with Crippen LogP contribution in [0.1, 0.15) is 24.9 Å². The first-order chi connectivity index (χ1) is 6.77. The van der Waals surface area contributed by atoms with Crippen LogP contribution in [0.3, 0.4) is 0 Å². The zero-order valence-electron chi connectivity index (χ0n) is 8.64. The number of nitrogens with zero attached hydrogens (tertiary/aromatic N) is 1. The summed E-state index contributed by atoms with van der Waals surface area (Å²) in [4.78, 5) is 0. The topological polar surface area (TPSA) is 59.0 Å². The highest BCUT2D eigenvalue weighted by atomic mass is 35.5. The van der Waals surface area contributed by atoms with Crippen LogP contribution in [0.25, 0.3) is 0 Å². The lowest BCUT2D eigenvalue weighted by atomic mass is 10.1. The van der Waals surface area contributed by atoms with Gasteiger partial charge in [0.1, 0.15) is 5.75 Å². The van der Waals surface area contributed by atoms with Crippen LogP contribution in [0, 0.1) is 11.3 Å². The van der Waals surface area contributed by atoms with E-state index in [9.17, 15) is 0 Å². The lowest BCUT2D eigenvalue weighted by Crippen LogP contribution is -2.09. The van der Waals surface area contributed by atoms with E-state index in [-0.39, 0.29) is 18.4 Å². The van der Waals surface area contributed by atoms with Gasteiger partial charge in [0.2, 0.25) is 0 Å². The van der Waals surface area contributed by atoms with Gasteiger partial charge in [0.15, 0.2) is 0 Å². The third-order valence-corrected chi connectivity index (χ3v) is 1.91. The number of benzene rings is 1. The summed E-state index contributed by atoms with van der Waals surface area (Å²) in [7, 11) is 0. The molecule has 0 aromatic heterocycles. The highest BCUT2D eigenvalue weighted by Gasteiger charge is 2.05. The highest BCUT2D eigenvalue weighted by molar-refractivity contribution is 5.85. The van der Waals surface area contributed by atoms with Crippen molar-refractivity contribution < 1.29 is 4.74 Å². The second kappa shape index (κ2) is 7.10. The Labute approximate surface area is 96.3 Å². The van der Waals surface area contributed by atoms with Crippen molar-refractivity contribution in [3.63, 3.8) is 0 Å². The average molecular weight is 227 g/mol. The van der Waals surface area contributed by atoms with Crippen LogP contribution in [0.5, 0.6) is 5.75 Å². The van der Waals surface area contributed by atoms with Gasteiger partial charge in [-0.05, 0) is 24.6 Å². The lowest BCUT2D eigenvalue weighted by Gasteiger charge is -2.09. The molecule has 82 valence electrons. The molecule has 0 aliphatic carbocycles. The minimum Gasteiger partial charge on any atom is -0.494 e. The predicted molar refractivity (Wildman–Crippen MR) is 62.0 cm³/mol. The summed E-state index contributed by atoms with van der Waals surface area (Å²) in [6.45, 7) is 2.57. The molecule has 0 fully saturated rings. The molecule has 0 heterocycles. The summed E-state index contributed by atoms with van der Waals surface area (Å²) < 4.78 is 5.34. The first-order valence-electron chi connectivity index (χ1n) is 4.63. The van der Waals surface area contributed by atoms with Crippen LogP contribution < -0.4 is 10.5 Å². The number of ether oxygens (including phenoxy) is 1. The molecule has 3 nitrogen and oxygen atoms in total. The second-order valence-electron chi connectivity index (χ2n) is 2.97. The molecule has 2 N–H and O–H groups in total. The summed E-state index contributed by atoms with van der Waals surface area (Å²) in [5, 5.41) is 8.51. The summed E-state index contributed by atoms with van der Waals surface area (Å²) in [5.41, 5.74) is 6.73. The zero-order valence-corrected chi connectivity index (χ0v) is 9.46. The largest absolute Gasteiger partial charge is 0.494 e. The molecule has 0 aliphatic heterocycles. The number of hydrogen-bond acceptors (Lipinski definition) is 3. The van der Waals surface area contributed by atoms with Crippen LogP contribution in [0.15, 0.2) is 24.3 Å². The molecule has 0 spiro atoms. The SMILES string of the molecule is CCOc1cccc([C@@H](N)CC#N)c1.Cl. The summed E-state index contributed by atoms with van der Waals surface area (Å²) in [6.07, 6.45) is 0.329. The number of nitriles is 1. The maximum Gasteiger partial charge on any atom is 0.119 e. The molecule has 0 saturated heterocycles. The highest BCUT2D eigenvalue weighted by Crippen LogP contribution is 2.19. The molecule has 1 aromatic carbocycles. The Bertz CT molecular complexity index is 336. The minimum absolute atomic E-state index is 0. The van der Waals surface area contributed by atoms with Gasteiger partial charge in [-0.1, -0.05) is 12.1 Å². The summed E-state index contributed by atoms with van der Waals surface area (Å²) >= 11 is 0. The fourth-order valence-electron chi connectivity index (χ4n) is 1.22. The van der Waals surface area contributed by atoms with Gasteiger partial charge < -0.3 is 10.5 Å². The van der Waals surface area contributed by atoms with Crippen molar-refractivity contribution in [2.24, 2.45) is 5.73 Å². The van der Waals surface area contributed by atoms with Crippen molar-refractivity contribution in [2.45, 2.75) is 19.4 Å². The Kier molecular flexibility index (Phi) is 6.52. The lowest BCUT2D eigenvalue weighted by molar-refractivity contribution is 0.339. The fourth-order valence-corrected chi connectivity index (χ4v) is 1.22. The standard InChI is InChI=1S/C11H14N2O.ClH/c1-2-14-10-5-3-4-9(8-10)11(13)6-7-12;/h3-5,8,11H,2,6,13H2,1H3;1H/t11-;/m0./s1. The van der Waals surface area contributed by atoms with Crippen LogP contribution in [-0.4, -0.2) is 6.61 Å². The van der Waals surface area contributed by atoms with E-state index in [1.54, 1.807) is 0 Å². The van der Waals surface area contributed by atoms with Gasteiger partial charge in [0.05, 0.1) is 19.1 Å². The van der Waals surface area contributed by atoms with Gasteiger partial charge in [-0.15, -0.1) is 12.4 Å². The van der Waals surface area contributed by atoms with Crippen LogP contribution in [-0.2, 0) is 0 Å². The van der Waals surface area contributed by atoms with E-state index in [4.69, 9.17) is 15.7 Å². The normalized spacial score (nSPS) is 11.0. The molecule has 1 atom stereocenters. The van der Waals surface area contributed by atoms with E-state index in [2.05, 4.69) is 6.07 Å². The van der Waals surface area contributed by atoms with Gasteiger partial charge in [0, 0.05) is 6.04 Å². The zero-order chi connectivity index (χ0) is 10.4. The van der Waals surface area contributed by atoms with Gasteiger partial charge in [-0.3, -0.25) is 0 Å².